The summed E-state index contributed by atoms with van der Waals surface area (Å²) in [5.41, 5.74) is 0.844. The molecule has 15 heteroatoms. The van der Waals surface area contributed by atoms with Crippen LogP contribution in [0.1, 0.15) is 44.0 Å². The number of rotatable bonds is 6. The molecular weight excluding hydrogens is 544 g/mol. The maximum atomic E-state index is 12.7. The molecule has 1 saturated heterocycles. The van der Waals surface area contributed by atoms with Gasteiger partial charge in [-0.05, 0) is 74.4 Å². The number of anilines is 1. The van der Waals surface area contributed by atoms with Gasteiger partial charge in [-0.1, -0.05) is 24.6 Å². The minimum atomic E-state index is -1.00. The number of nitrogens with zero attached hydrogens (tertiary/aromatic N) is 7. The molecule has 0 atom stereocenters. The fourth-order valence-electron chi connectivity index (χ4n) is 3.67. The Morgan fingerprint density at radius 3 is 2.41 bits per heavy atom. The maximum absolute atomic E-state index is 12.7. The van der Waals surface area contributed by atoms with Gasteiger partial charge in [-0.25, -0.2) is 23.7 Å². The van der Waals surface area contributed by atoms with Crippen LogP contribution in [0.3, 0.4) is 0 Å². The van der Waals surface area contributed by atoms with Crippen LogP contribution in [0.5, 0.6) is 5.88 Å². The molecule has 13 nitrogen and oxygen atoms in total. The number of carboxylic acid groups (broad SMARTS) is 1. The zero-order chi connectivity index (χ0) is 28.2. The number of carboxylic acids is 1. The average molecular weight is 573 g/mol. The molecule has 39 heavy (non-hydrogen) atoms. The molecule has 0 spiro atoms. The highest BCUT2D eigenvalue weighted by atomic mass is 32.2. The molecule has 4 rings (SSSR count). The monoisotopic (exact) mass is 572 g/mol. The first-order chi connectivity index (χ1) is 18.5. The van der Waals surface area contributed by atoms with E-state index in [9.17, 15) is 14.4 Å². The summed E-state index contributed by atoms with van der Waals surface area (Å²) in [6, 6.07) is 8.99. The van der Waals surface area contributed by atoms with Crippen LogP contribution in [0.4, 0.5) is 15.3 Å². The number of thiol groups is 1. The van der Waals surface area contributed by atoms with Gasteiger partial charge in [0, 0.05) is 29.9 Å². The number of pyridine rings is 1. The van der Waals surface area contributed by atoms with Crippen molar-refractivity contribution in [1.82, 2.24) is 35.4 Å². The van der Waals surface area contributed by atoms with E-state index in [4.69, 9.17) is 9.84 Å². The van der Waals surface area contributed by atoms with E-state index in [0.29, 0.717) is 42.5 Å². The third-order valence-electron chi connectivity index (χ3n) is 5.60. The molecule has 0 radical (unpaired) electrons. The Morgan fingerprint density at radius 2 is 1.82 bits per heavy atom. The first-order valence-electron chi connectivity index (χ1n) is 12.0. The fraction of sp³-hybridized carbons (Fsp3) is 0.375. The van der Waals surface area contributed by atoms with Crippen molar-refractivity contribution in [2.75, 3.05) is 17.4 Å². The maximum Gasteiger partial charge on any atom is 0.416 e. The van der Waals surface area contributed by atoms with Crippen LogP contribution in [0.2, 0.25) is 0 Å². The highest BCUT2D eigenvalue weighted by Gasteiger charge is 2.27. The first kappa shape index (κ1) is 28.2. The van der Waals surface area contributed by atoms with Gasteiger partial charge in [-0.15, -0.1) is 5.10 Å². The summed E-state index contributed by atoms with van der Waals surface area (Å²) in [7, 11) is 0. The number of nitrogens with one attached hydrogen (secondary N) is 1. The molecule has 1 aliphatic heterocycles. The van der Waals surface area contributed by atoms with Crippen LogP contribution in [0, 0.1) is 0 Å². The van der Waals surface area contributed by atoms with E-state index < -0.39 is 23.6 Å². The molecule has 3 heterocycles. The van der Waals surface area contributed by atoms with Crippen molar-refractivity contribution in [3.63, 3.8) is 0 Å². The van der Waals surface area contributed by atoms with Gasteiger partial charge >= 0.3 is 18.1 Å². The number of piperidine rings is 1. The van der Waals surface area contributed by atoms with E-state index in [1.807, 2.05) is 20.8 Å². The molecule has 0 saturated carbocycles. The van der Waals surface area contributed by atoms with Gasteiger partial charge in [-0.3, -0.25) is 0 Å². The largest absolute Gasteiger partial charge is 0.478 e. The lowest BCUT2D eigenvalue weighted by atomic mass is 10.1. The number of amides is 3. The number of hydrogen-bond acceptors (Lipinski definition) is 10. The van der Waals surface area contributed by atoms with Crippen molar-refractivity contribution >= 4 is 48.4 Å². The number of carbonyl (C=O) groups excluding carboxylic acids is 2. The van der Waals surface area contributed by atoms with Crippen LogP contribution in [0.15, 0.2) is 47.8 Å². The number of tetrazole rings is 1. The number of thioether (sulfide) groups is 1. The SMILES string of the molecule is CC(C)(C)NC(=O)N(S)c1ccc(OC(=O)N2CCC(Sc3nnnn3-c3ccc(C(=O)O)cc3)CC2)nc1. The van der Waals surface area contributed by atoms with E-state index in [-0.39, 0.29) is 16.7 Å². The molecule has 3 aromatic rings. The van der Waals surface area contributed by atoms with Crippen molar-refractivity contribution in [3.8, 4) is 11.6 Å². The fourth-order valence-corrected chi connectivity index (χ4v) is 4.91. The molecule has 0 unspecified atom stereocenters. The highest BCUT2D eigenvalue weighted by molar-refractivity contribution is 7.99. The summed E-state index contributed by atoms with van der Waals surface area (Å²) in [6.07, 6.45) is 2.30. The molecule has 1 fully saturated rings. The lowest BCUT2D eigenvalue weighted by Gasteiger charge is -2.30. The van der Waals surface area contributed by atoms with E-state index >= 15 is 0 Å². The summed E-state index contributed by atoms with van der Waals surface area (Å²) in [5.74, 6) is -0.887. The smallest absolute Gasteiger partial charge is 0.416 e. The summed E-state index contributed by atoms with van der Waals surface area (Å²) < 4.78 is 8.11. The Labute approximate surface area is 234 Å². The second-order valence-corrected chi connectivity index (χ2v) is 11.4. The standard InChI is InChI=1S/C24H28N8O5S2/c1-24(2,3)26-21(35)32(38)17-8-9-19(25-14-17)37-23(36)30-12-10-18(11-13-30)39-22-27-28-29-31(22)16-6-4-15(5-7-16)20(33)34/h4-9,14,18,38H,10-13H2,1-3H3,(H,26,35)(H,33,34). The van der Waals surface area contributed by atoms with Crippen molar-refractivity contribution in [1.29, 1.82) is 0 Å². The number of benzene rings is 1. The molecule has 0 bridgehead atoms. The minimum absolute atomic E-state index is 0.117. The average Bonchev–Trinajstić information content (AvgIpc) is 3.36. The van der Waals surface area contributed by atoms with Crippen LogP contribution in [-0.4, -0.2) is 77.2 Å². The van der Waals surface area contributed by atoms with Crippen LogP contribution in [-0.2, 0) is 0 Å². The molecule has 1 aromatic carbocycles. The topological polar surface area (TPSA) is 156 Å². The lowest BCUT2D eigenvalue weighted by Crippen LogP contribution is -2.45. The Hall–Kier alpha value is -3.85. The lowest BCUT2D eigenvalue weighted by molar-refractivity contribution is 0.0696. The second kappa shape index (κ2) is 11.9. The quantitative estimate of drug-likeness (QED) is 0.373. The summed E-state index contributed by atoms with van der Waals surface area (Å²) in [5, 5.41) is 24.5. The van der Waals surface area contributed by atoms with Gasteiger partial charge < -0.3 is 20.1 Å². The molecule has 206 valence electrons. The summed E-state index contributed by atoms with van der Waals surface area (Å²) >= 11 is 5.73. The number of ether oxygens (including phenoxy) is 1. The van der Waals surface area contributed by atoms with Crippen molar-refractivity contribution in [2.24, 2.45) is 0 Å². The van der Waals surface area contributed by atoms with E-state index in [2.05, 4.69) is 38.6 Å². The Morgan fingerprint density at radius 1 is 1.13 bits per heavy atom. The Balaban J connectivity index is 1.28. The predicted molar refractivity (Wildman–Crippen MR) is 147 cm³/mol. The van der Waals surface area contributed by atoms with Gasteiger partial charge in [0.25, 0.3) is 0 Å². The van der Waals surface area contributed by atoms with E-state index in [1.165, 1.54) is 36.2 Å². The van der Waals surface area contributed by atoms with Gasteiger partial charge in [0.1, 0.15) is 0 Å². The van der Waals surface area contributed by atoms with E-state index in [1.54, 1.807) is 27.8 Å². The normalized spacial score (nSPS) is 14.1. The van der Waals surface area contributed by atoms with Crippen LogP contribution >= 0.6 is 24.6 Å². The minimum Gasteiger partial charge on any atom is -0.478 e. The zero-order valence-corrected chi connectivity index (χ0v) is 23.2. The molecule has 0 aliphatic carbocycles. The third kappa shape index (κ3) is 7.38. The zero-order valence-electron chi connectivity index (χ0n) is 21.5. The van der Waals surface area contributed by atoms with Crippen LogP contribution < -0.4 is 14.4 Å². The summed E-state index contributed by atoms with van der Waals surface area (Å²) in [6.45, 7) is 6.56. The van der Waals surface area contributed by atoms with Crippen molar-refractivity contribution < 1.29 is 24.2 Å². The van der Waals surface area contributed by atoms with Gasteiger partial charge in [0.05, 0.1) is 23.1 Å². The number of carbonyl (C=O) groups is 3. The number of aromatic nitrogens is 5. The number of aromatic carboxylic acids is 1. The number of hydrogen-bond donors (Lipinski definition) is 3. The highest BCUT2D eigenvalue weighted by Crippen LogP contribution is 2.30. The number of likely N-dealkylation sites (tertiary alicyclic amines) is 1. The third-order valence-corrected chi connectivity index (χ3v) is 7.29. The Bertz CT molecular complexity index is 1320. The molecule has 1 aliphatic rings. The second-order valence-electron chi connectivity index (χ2n) is 9.74. The number of urea groups is 1. The van der Waals surface area contributed by atoms with Crippen molar-refractivity contribution in [3.05, 3.63) is 48.2 Å². The first-order valence-corrected chi connectivity index (χ1v) is 13.3. The molecule has 2 aromatic heterocycles. The van der Waals surface area contributed by atoms with Crippen LogP contribution in [0.25, 0.3) is 5.69 Å². The molecular formula is C24H28N8O5S2. The van der Waals surface area contributed by atoms with E-state index in [0.717, 1.165) is 4.31 Å². The summed E-state index contributed by atoms with van der Waals surface area (Å²) in [4.78, 5) is 41.8. The molecule has 3 amide bonds. The Kier molecular flexibility index (Phi) is 8.60. The predicted octanol–water partition coefficient (Wildman–Crippen LogP) is 3.67. The van der Waals surface area contributed by atoms with Crippen molar-refractivity contribution in [2.45, 2.75) is 49.6 Å². The van der Waals surface area contributed by atoms with Gasteiger partial charge in [0.2, 0.25) is 11.0 Å². The van der Waals surface area contributed by atoms with Gasteiger partial charge in [-0.2, -0.15) is 4.68 Å². The van der Waals surface area contributed by atoms with Gasteiger partial charge in [0.15, 0.2) is 0 Å². The molecule has 2 N–H and O–H groups in total.